The van der Waals surface area contributed by atoms with E-state index in [4.69, 9.17) is 25.1 Å². The lowest BCUT2D eigenvalue weighted by atomic mass is 10.1. The number of nitrogens with two attached hydrogens (primary N) is 1. The van der Waals surface area contributed by atoms with E-state index in [-0.39, 0.29) is 18.8 Å². The Morgan fingerprint density at radius 2 is 1.79 bits per heavy atom. The maximum absolute atomic E-state index is 12.2. The Hall–Kier alpha value is -3.52. The fourth-order valence-electron chi connectivity index (χ4n) is 2.44. The summed E-state index contributed by atoms with van der Waals surface area (Å²) in [5.74, 6) is 0.0787. The summed E-state index contributed by atoms with van der Waals surface area (Å²) in [6, 6.07) is 9.79. The molecule has 0 bridgehead atoms. The molecule has 2 amide bonds. The number of aliphatic hydroxyl groups is 1. The summed E-state index contributed by atoms with van der Waals surface area (Å²) in [6.07, 6.45) is 2.86. The summed E-state index contributed by atoms with van der Waals surface area (Å²) in [4.78, 5) is 23.6. The van der Waals surface area contributed by atoms with E-state index >= 15 is 0 Å². The number of ether oxygens (including phenoxy) is 3. The zero-order valence-electron chi connectivity index (χ0n) is 15.6. The highest BCUT2D eigenvalue weighted by atomic mass is 16.5. The van der Waals surface area contributed by atoms with Gasteiger partial charge in [-0.3, -0.25) is 9.59 Å². The number of hydrogen-bond donors (Lipinski definition) is 3. The SMILES string of the molecule is COc1cc(/C=C/C(=O)Nc2ccccc2C(N)=O)cc(OC)c1OCCO. The van der Waals surface area contributed by atoms with E-state index in [0.717, 1.165) is 0 Å². The van der Waals surface area contributed by atoms with Gasteiger partial charge in [0.1, 0.15) is 6.61 Å². The summed E-state index contributed by atoms with van der Waals surface area (Å²) in [5, 5.41) is 11.6. The van der Waals surface area contributed by atoms with E-state index in [1.165, 1.54) is 26.4 Å². The van der Waals surface area contributed by atoms with Gasteiger partial charge in [0.05, 0.1) is 32.1 Å². The van der Waals surface area contributed by atoms with Gasteiger partial charge in [0.15, 0.2) is 11.5 Å². The molecule has 4 N–H and O–H groups in total. The van der Waals surface area contributed by atoms with Crippen LogP contribution in [0.4, 0.5) is 5.69 Å². The number of carbonyl (C=O) groups excluding carboxylic acids is 2. The second-order valence-electron chi connectivity index (χ2n) is 5.56. The molecule has 0 spiro atoms. The van der Waals surface area contributed by atoms with Crippen molar-refractivity contribution >= 4 is 23.6 Å². The number of aliphatic hydroxyl groups excluding tert-OH is 1. The first-order chi connectivity index (χ1) is 13.5. The van der Waals surface area contributed by atoms with Gasteiger partial charge in [0, 0.05) is 6.08 Å². The van der Waals surface area contributed by atoms with Crippen LogP contribution in [0.15, 0.2) is 42.5 Å². The molecule has 2 rings (SSSR count). The number of nitrogens with one attached hydrogen (secondary N) is 1. The topological polar surface area (TPSA) is 120 Å². The molecule has 0 aliphatic heterocycles. The molecule has 0 aliphatic carbocycles. The third-order valence-corrected chi connectivity index (χ3v) is 3.70. The molecule has 0 atom stereocenters. The highest BCUT2D eigenvalue weighted by Gasteiger charge is 2.14. The van der Waals surface area contributed by atoms with E-state index in [1.807, 2.05) is 0 Å². The van der Waals surface area contributed by atoms with Crippen LogP contribution in [0.5, 0.6) is 17.2 Å². The maximum atomic E-state index is 12.2. The number of amides is 2. The Kier molecular flexibility index (Phi) is 7.41. The second kappa shape index (κ2) is 9.98. The number of benzene rings is 2. The minimum atomic E-state index is -0.632. The maximum Gasteiger partial charge on any atom is 0.250 e. The van der Waals surface area contributed by atoms with Crippen molar-refractivity contribution in [3.05, 3.63) is 53.6 Å². The molecule has 0 aliphatic rings. The lowest BCUT2D eigenvalue weighted by Gasteiger charge is -2.14. The highest BCUT2D eigenvalue weighted by molar-refractivity contribution is 6.07. The molecule has 0 aromatic heterocycles. The van der Waals surface area contributed by atoms with Crippen LogP contribution in [0, 0.1) is 0 Å². The number of methoxy groups -OCH3 is 2. The van der Waals surface area contributed by atoms with Crippen molar-refractivity contribution in [2.24, 2.45) is 5.73 Å². The predicted octanol–water partition coefficient (Wildman–Crippen LogP) is 1.83. The van der Waals surface area contributed by atoms with Crippen LogP contribution in [0.3, 0.4) is 0 Å². The molecule has 2 aromatic carbocycles. The third-order valence-electron chi connectivity index (χ3n) is 3.70. The summed E-state index contributed by atoms with van der Waals surface area (Å²) < 4.78 is 16.0. The number of rotatable bonds is 9. The number of anilines is 1. The van der Waals surface area contributed by atoms with Crippen LogP contribution < -0.4 is 25.3 Å². The smallest absolute Gasteiger partial charge is 0.250 e. The Balaban J connectivity index is 2.21. The van der Waals surface area contributed by atoms with E-state index in [1.54, 1.807) is 36.4 Å². The number of primary amides is 1. The molecule has 8 nitrogen and oxygen atoms in total. The van der Waals surface area contributed by atoms with Crippen molar-refractivity contribution in [1.82, 2.24) is 0 Å². The fourth-order valence-corrected chi connectivity index (χ4v) is 2.44. The van der Waals surface area contributed by atoms with E-state index in [2.05, 4.69) is 5.32 Å². The van der Waals surface area contributed by atoms with Crippen LogP contribution in [0.1, 0.15) is 15.9 Å². The third kappa shape index (κ3) is 5.24. The van der Waals surface area contributed by atoms with Gasteiger partial charge in [0.2, 0.25) is 11.7 Å². The zero-order chi connectivity index (χ0) is 20.5. The van der Waals surface area contributed by atoms with Gasteiger partial charge in [0.25, 0.3) is 5.91 Å². The molecule has 0 saturated heterocycles. The Bertz CT molecular complexity index is 854. The Morgan fingerprint density at radius 3 is 2.36 bits per heavy atom. The van der Waals surface area contributed by atoms with Gasteiger partial charge in [-0.05, 0) is 35.9 Å². The normalized spacial score (nSPS) is 10.5. The summed E-state index contributed by atoms with van der Waals surface area (Å²) in [7, 11) is 2.95. The van der Waals surface area contributed by atoms with Crippen molar-refractivity contribution in [3.8, 4) is 17.2 Å². The minimum Gasteiger partial charge on any atom is -0.493 e. The van der Waals surface area contributed by atoms with Crippen molar-refractivity contribution in [1.29, 1.82) is 0 Å². The van der Waals surface area contributed by atoms with Crippen LogP contribution in [-0.4, -0.2) is 44.4 Å². The van der Waals surface area contributed by atoms with E-state index in [9.17, 15) is 9.59 Å². The molecule has 0 saturated carbocycles. The monoisotopic (exact) mass is 386 g/mol. The first kappa shape index (κ1) is 20.8. The molecule has 0 unspecified atom stereocenters. The molecule has 0 heterocycles. The molecule has 2 aromatic rings. The number of para-hydroxylation sites is 1. The number of carbonyl (C=O) groups is 2. The van der Waals surface area contributed by atoms with Gasteiger partial charge < -0.3 is 30.4 Å². The van der Waals surface area contributed by atoms with Gasteiger partial charge in [-0.15, -0.1) is 0 Å². The molecule has 0 fully saturated rings. The van der Waals surface area contributed by atoms with Gasteiger partial charge in [-0.1, -0.05) is 12.1 Å². The molecular weight excluding hydrogens is 364 g/mol. The van der Waals surface area contributed by atoms with Crippen molar-refractivity contribution in [2.75, 3.05) is 32.8 Å². The van der Waals surface area contributed by atoms with Gasteiger partial charge in [-0.2, -0.15) is 0 Å². The molecule has 0 radical (unpaired) electrons. The average Bonchev–Trinajstić information content (AvgIpc) is 2.70. The lowest BCUT2D eigenvalue weighted by molar-refractivity contribution is -0.111. The van der Waals surface area contributed by atoms with E-state index < -0.39 is 11.8 Å². The Labute approximate surface area is 162 Å². The molecule has 148 valence electrons. The summed E-state index contributed by atoms with van der Waals surface area (Å²) in [6.45, 7) is -0.0650. The zero-order valence-corrected chi connectivity index (χ0v) is 15.6. The highest BCUT2D eigenvalue weighted by Crippen LogP contribution is 2.38. The molecule has 28 heavy (non-hydrogen) atoms. The van der Waals surface area contributed by atoms with Crippen LogP contribution in [0.2, 0.25) is 0 Å². The van der Waals surface area contributed by atoms with E-state index in [0.29, 0.717) is 28.5 Å². The van der Waals surface area contributed by atoms with Crippen molar-refractivity contribution < 1.29 is 28.9 Å². The van der Waals surface area contributed by atoms with Crippen LogP contribution in [-0.2, 0) is 4.79 Å². The van der Waals surface area contributed by atoms with Crippen LogP contribution in [0.25, 0.3) is 6.08 Å². The van der Waals surface area contributed by atoms with Gasteiger partial charge in [-0.25, -0.2) is 0 Å². The summed E-state index contributed by atoms with van der Waals surface area (Å²) >= 11 is 0. The first-order valence-electron chi connectivity index (χ1n) is 8.37. The quantitative estimate of drug-likeness (QED) is 0.566. The first-order valence-corrected chi connectivity index (χ1v) is 8.37. The second-order valence-corrected chi connectivity index (χ2v) is 5.56. The predicted molar refractivity (Wildman–Crippen MR) is 105 cm³/mol. The number of hydrogen-bond acceptors (Lipinski definition) is 6. The lowest BCUT2D eigenvalue weighted by Crippen LogP contribution is -2.16. The minimum absolute atomic E-state index is 0.0869. The van der Waals surface area contributed by atoms with Crippen molar-refractivity contribution in [3.63, 3.8) is 0 Å². The Morgan fingerprint density at radius 1 is 1.14 bits per heavy atom. The largest absolute Gasteiger partial charge is 0.493 e. The molecule has 8 heteroatoms. The standard InChI is InChI=1S/C20H22N2O6/c1-26-16-11-13(12-17(27-2)19(16)28-10-9-23)7-8-18(24)22-15-6-4-3-5-14(15)20(21)25/h3-8,11-12,23H,9-10H2,1-2H3,(H2,21,25)(H,22,24)/b8-7+. The molecular formula is C20H22N2O6. The summed E-state index contributed by atoms with van der Waals surface area (Å²) in [5.41, 5.74) is 6.48. The van der Waals surface area contributed by atoms with Crippen LogP contribution >= 0.6 is 0 Å². The average molecular weight is 386 g/mol. The van der Waals surface area contributed by atoms with Gasteiger partial charge >= 0.3 is 0 Å². The van der Waals surface area contributed by atoms with Crippen molar-refractivity contribution in [2.45, 2.75) is 0 Å². The fraction of sp³-hybridized carbons (Fsp3) is 0.200.